The van der Waals surface area contributed by atoms with Crippen molar-refractivity contribution in [2.24, 2.45) is 0 Å². The van der Waals surface area contributed by atoms with Gasteiger partial charge in [-0.25, -0.2) is 8.42 Å². The van der Waals surface area contributed by atoms with E-state index < -0.39 is 15.9 Å². The fourth-order valence-electron chi connectivity index (χ4n) is 2.71. The van der Waals surface area contributed by atoms with E-state index in [1.807, 2.05) is 31.2 Å². The molecule has 6 nitrogen and oxygen atoms in total. The Morgan fingerprint density at radius 2 is 1.86 bits per heavy atom. The van der Waals surface area contributed by atoms with Crippen molar-refractivity contribution in [3.63, 3.8) is 0 Å². The third-order valence-corrected chi connectivity index (χ3v) is 5.47. The maximum Gasteiger partial charge on any atom is 0.241 e. The number of hydrogen-bond acceptors (Lipinski definition) is 4. The molecule has 0 saturated carbocycles. The lowest BCUT2D eigenvalue weighted by atomic mass is 10.2. The first-order valence-electron chi connectivity index (χ1n) is 8.79. The predicted octanol–water partition coefficient (Wildman–Crippen LogP) is 3.31. The topological polar surface area (TPSA) is 75.7 Å². The Bertz CT molecular complexity index is 947. The summed E-state index contributed by atoms with van der Waals surface area (Å²) in [7, 11) is -3.65. The Morgan fingerprint density at radius 1 is 1.18 bits per heavy atom. The number of carbonyl (C=O) groups is 1. The smallest absolute Gasteiger partial charge is 0.241 e. The van der Waals surface area contributed by atoms with Crippen LogP contribution in [-0.4, -0.2) is 39.8 Å². The second kappa shape index (κ2) is 9.30. The van der Waals surface area contributed by atoms with Crippen LogP contribution in [-0.2, 0) is 14.8 Å². The molecule has 0 spiro atoms. The maximum atomic E-state index is 12.4. The standard InChI is InChI=1S/C20H25ClN2O4S/c1-14-7-5-6-8-19(14)27-13-16(3)22-20(24)12-23(28(4,25)26)18-10-9-17(21)11-15(18)2/h5-11,16H,12-13H2,1-4H3,(H,22,24)/t16-/m0/s1. The van der Waals surface area contributed by atoms with Crippen LogP contribution in [0.2, 0.25) is 5.02 Å². The molecule has 0 aromatic heterocycles. The zero-order valence-electron chi connectivity index (χ0n) is 16.4. The van der Waals surface area contributed by atoms with Crippen LogP contribution >= 0.6 is 11.6 Å². The lowest BCUT2D eigenvalue weighted by Gasteiger charge is -2.25. The number of rotatable bonds is 8. The van der Waals surface area contributed by atoms with Crippen molar-refractivity contribution in [1.29, 1.82) is 0 Å². The SMILES string of the molecule is Cc1ccccc1OC[C@H](C)NC(=O)CN(c1ccc(Cl)cc1C)S(C)(=O)=O. The molecule has 0 bridgehead atoms. The average molecular weight is 425 g/mol. The third kappa shape index (κ3) is 6.14. The number of aryl methyl sites for hydroxylation is 2. The molecule has 2 rings (SSSR count). The van der Waals surface area contributed by atoms with Gasteiger partial charge in [-0.3, -0.25) is 9.10 Å². The summed E-state index contributed by atoms with van der Waals surface area (Å²) in [4.78, 5) is 12.4. The number of hydrogen-bond donors (Lipinski definition) is 1. The maximum absolute atomic E-state index is 12.4. The number of amides is 1. The lowest BCUT2D eigenvalue weighted by Crippen LogP contribution is -2.45. The molecule has 8 heteroatoms. The van der Waals surface area contributed by atoms with Gasteiger partial charge in [0, 0.05) is 5.02 Å². The monoisotopic (exact) mass is 424 g/mol. The van der Waals surface area contributed by atoms with Gasteiger partial charge in [0.2, 0.25) is 15.9 Å². The van der Waals surface area contributed by atoms with Gasteiger partial charge in [-0.1, -0.05) is 29.8 Å². The van der Waals surface area contributed by atoms with Crippen molar-refractivity contribution in [3.8, 4) is 5.75 Å². The number of sulfonamides is 1. The minimum absolute atomic E-state index is 0.273. The summed E-state index contributed by atoms with van der Waals surface area (Å²) >= 11 is 5.95. The van der Waals surface area contributed by atoms with Gasteiger partial charge in [-0.05, 0) is 56.2 Å². The lowest BCUT2D eigenvalue weighted by molar-refractivity contribution is -0.120. The van der Waals surface area contributed by atoms with Crippen molar-refractivity contribution in [2.75, 3.05) is 23.7 Å². The van der Waals surface area contributed by atoms with E-state index in [-0.39, 0.29) is 19.2 Å². The molecule has 28 heavy (non-hydrogen) atoms. The summed E-state index contributed by atoms with van der Waals surface area (Å²) in [5.74, 6) is 0.332. The third-order valence-electron chi connectivity index (χ3n) is 4.10. The Kier molecular flexibility index (Phi) is 7.32. The normalized spacial score (nSPS) is 12.3. The first-order valence-corrected chi connectivity index (χ1v) is 11.0. The number of ether oxygens (including phenoxy) is 1. The van der Waals surface area contributed by atoms with Crippen molar-refractivity contribution in [3.05, 3.63) is 58.6 Å². The van der Waals surface area contributed by atoms with Crippen LogP contribution in [0.15, 0.2) is 42.5 Å². The Morgan fingerprint density at radius 3 is 2.46 bits per heavy atom. The van der Waals surface area contributed by atoms with Crippen LogP contribution in [0.25, 0.3) is 0 Å². The van der Waals surface area contributed by atoms with E-state index in [0.717, 1.165) is 21.9 Å². The summed E-state index contributed by atoms with van der Waals surface area (Å²) in [5.41, 5.74) is 2.09. The molecule has 0 saturated heterocycles. The highest BCUT2D eigenvalue weighted by molar-refractivity contribution is 7.92. The number of carbonyl (C=O) groups excluding carboxylic acids is 1. The molecule has 0 unspecified atom stereocenters. The molecule has 152 valence electrons. The molecule has 0 aliphatic heterocycles. The van der Waals surface area contributed by atoms with Crippen LogP contribution in [0, 0.1) is 13.8 Å². The number of benzene rings is 2. The van der Waals surface area contributed by atoms with E-state index in [4.69, 9.17) is 16.3 Å². The summed E-state index contributed by atoms with van der Waals surface area (Å²) in [6, 6.07) is 12.2. The molecule has 0 radical (unpaired) electrons. The van der Waals surface area contributed by atoms with Gasteiger partial charge < -0.3 is 10.1 Å². The Balaban J connectivity index is 2.02. The van der Waals surface area contributed by atoms with E-state index in [1.165, 1.54) is 0 Å². The molecule has 0 heterocycles. The highest BCUT2D eigenvalue weighted by atomic mass is 35.5. The van der Waals surface area contributed by atoms with Gasteiger partial charge in [0.05, 0.1) is 18.0 Å². The number of para-hydroxylation sites is 1. The Hall–Kier alpha value is -2.25. The van der Waals surface area contributed by atoms with Gasteiger partial charge in [0.1, 0.15) is 18.9 Å². The van der Waals surface area contributed by atoms with E-state index in [0.29, 0.717) is 16.3 Å². The van der Waals surface area contributed by atoms with Crippen LogP contribution in [0.5, 0.6) is 5.75 Å². The molecule has 1 atom stereocenters. The molecule has 2 aromatic carbocycles. The largest absolute Gasteiger partial charge is 0.491 e. The molecule has 1 N–H and O–H groups in total. The van der Waals surface area contributed by atoms with Gasteiger partial charge in [0.15, 0.2) is 0 Å². The average Bonchev–Trinajstić information content (AvgIpc) is 2.58. The van der Waals surface area contributed by atoms with Gasteiger partial charge in [-0.15, -0.1) is 0 Å². The van der Waals surface area contributed by atoms with E-state index in [9.17, 15) is 13.2 Å². The van der Waals surface area contributed by atoms with Crippen molar-refractivity contribution in [1.82, 2.24) is 5.32 Å². The van der Waals surface area contributed by atoms with Gasteiger partial charge in [0.25, 0.3) is 0 Å². The molecular formula is C20H25ClN2O4S. The molecule has 1 amide bonds. The number of anilines is 1. The molecular weight excluding hydrogens is 400 g/mol. The zero-order chi connectivity index (χ0) is 20.9. The summed E-state index contributed by atoms with van der Waals surface area (Å²) < 4.78 is 31.3. The minimum Gasteiger partial charge on any atom is -0.491 e. The first kappa shape index (κ1) is 22.0. The highest BCUT2D eigenvalue weighted by Crippen LogP contribution is 2.25. The predicted molar refractivity (Wildman–Crippen MR) is 113 cm³/mol. The molecule has 0 aliphatic carbocycles. The van der Waals surface area contributed by atoms with Gasteiger partial charge >= 0.3 is 0 Å². The molecule has 0 fully saturated rings. The van der Waals surface area contributed by atoms with Crippen LogP contribution in [0.3, 0.4) is 0 Å². The van der Waals surface area contributed by atoms with E-state index in [1.54, 1.807) is 32.0 Å². The van der Waals surface area contributed by atoms with E-state index >= 15 is 0 Å². The summed E-state index contributed by atoms with van der Waals surface area (Å²) in [6.45, 7) is 5.44. The fraction of sp³-hybridized carbons (Fsp3) is 0.350. The quantitative estimate of drug-likeness (QED) is 0.705. The zero-order valence-corrected chi connectivity index (χ0v) is 18.0. The second-order valence-corrected chi connectivity index (χ2v) is 9.09. The number of nitrogens with one attached hydrogen (secondary N) is 1. The first-order chi connectivity index (χ1) is 13.1. The van der Waals surface area contributed by atoms with Crippen molar-refractivity contribution >= 4 is 33.2 Å². The molecule has 0 aliphatic rings. The second-order valence-electron chi connectivity index (χ2n) is 6.75. The number of nitrogens with zero attached hydrogens (tertiary/aromatic N) is 1. The fourth-order valence-corrected chi connectivity index (χ4v) is 3.85. The van der Waals surface area contributed by atoms with Gasteiger partial charge in [-0.2, -0.15) is 0 Å². The number of halogens is 1. The summed E-state index contributed by atoms with van der Waals surface area (Å²) in [6.07, 6.45) is 1.07. The molecule has 2 aromatic rings. The van der Waals surface area contributed by atoms with E-state index in [2.05, 4.69) is 5.32 Å². The minimum atomic E-state index is -3.65. The van der Waals surface area contributed by atoms with Crippen molar-refractivity contribution in [2.45, 2.75) is 26.8 Å². The van der Waals surface area contributed by atoms with Crippen LogP contribution < -0.4 is 14.4 Å². The summed E-state index contributed by atoms with van der Waals surface area (Å²) in [5, 5.41) is 3.28. The highest BCUT2D eigenvalue weighted by Gasteiger charge is 2.23. The van der Waals surface area contributed by atoms with Crippen molar-refractivity contribution < 1.29 is 17.9 Å². The Labute approximate surface area is 171 Å². The van der Waals surface area contributed by atoms with Crippen LogP contribution in [0.1, 0.15) is 18.1 Å². The van der Waals surface area contributed by atoms with Crippen LogP contribution in [0.4, 0.5) is 5.69 Å².